The average molecular weight is 275 g/mol. The van der Waals surface area contributed by atoms with Crippen molar-refractivity contribution in [2.24, 2.45) is 11.3 Å². The van der Waals surface area contributed by atoms with Crippen molar-refractivity contribution in [3.05, 3.63) is 33.8 Å². The van der Waals surface area contributed by atoms with E-state index in [1.165, 1.54) is 0 Å². The third kappa shape index (κ3) is 3.62. The fourth-order valence-electron chi connectivity index (χ4n) is 1.69. The Bertz CT molecular complexity index is 422. The van der Waals surface area contributed by atoms with Gasteiger partial charge in [-0.3, -0.25) is 4.79 Å². The Labute approximate surface area is 112 Å². The second kappa shape index (κ2) is 5.28. The minimum atomic E-state index is -0.812. The van der Waals surface area contributed by atoms with Crippen LogP contribution in [0.3, 0.4) is 0 Å². The minimum absolute atomic E-state index is 0.322. The Morgan fingerprint density at radius 2 is 1.94 bits per heavy atom. The van der Waals surface area contributed by atoms with Crippen LogP contribution >= 0.6 is 23.2 Å². The zero-order chi connectivity index (χ0) is 13.2. The zero-order valence-corrected chi connectivity index (χ0v) is 11.6. The lowest BCUT2D eigenvalue weighted by Crippen LogP contribution is -2.30. The maximum Gasteiger partial charge on any atom is 0.307 e. The smallest absolute Gasteiger partial charge is 0.307 e. The highest BCUT2D eigenvalue weighted by atomic mass is 35.5. The van der Waals surface area contributed by atoms with Crippen LogP contribution in [0.4, 0.5) is 0 Å². The molecule has 0 aliphatic carbocycles. The van der Waals surface area contributed by atoms with Crippen molar-refractivity contribution in [1.82, 2.24) is 0 Å². The summed E-state index contributed by atoms with van der Waals surface area (Å²) in [5.74, 6) is -1.30. The summed E-state index contributed by atoms with van der Waals surface area (Å²) >= 11 is 12.0. The summed E-state index contributed by atoms with van der Waals surface area (Å²) in [6.07, 6.45) is 0.387. The van der Waals surface area contributed by atoms with Crippen LogP contribution < -0.4 is 0 Å². The number of rotatable bonds is 3. The number of aliphatic carboxylic acids is 1. The Hall–Kier alpha value is -0.730. The van der Waals surface area contributed by atoms with Crippen LogP contribution in [0.25, 0.3) is 0 Å². The lowest BCUT2D eigenvalue weighted by atomic mass is 9.77. The topological polar surface area (TPSA) is 37.3 Å². The summed E-state index contributed by atoms with van der Waals surface area (Å²) in [7, 11) is 0. The first kappa shape index (κ1) is 14.3. The number of carboxylic acid groups (broad SMARTS) is 1. The van der Waals surface area contributed by atoms with Crippen LogP contribution in [0.1, 0.15) is 26.3 Å². The van der Waals surface area contributed by atoms with Crippen LogP contribution in [0.2, 0.25) is 10.0 Å². The molecule has 0 aliphatic heterocycles. The van der Waals surface area contributed by atoms with E-state index in [0.717, 1.165) is 5.56 Å². The molecular formula is C13H16Cl2O2. The molecule has 0 radical (unpaired) electrons. The van der Waals surface area contributed by atoms with Crippen LogP contribution in [0.15, 0.2) is 18.2 Å². The van der Waals surface area contributed by atoms with Gasteiger partial charge >= 0.3 is 5.97 Å². The summed E-state index contributed by atoms with van der Waals surface area (Å²) in [4.78, 5) is 11.3. The molecule has 0 spiro atoms. The van der Waals surface area contributed by atoms with Gasteiger partial charge in [0.1, 0.15) is 0 Å². The number of halogens is 2. The number of benzene rings is 1. The molecule has 1 rings (SSSR count). The molecule has 0 saturated carbocycles. The standard InChI is InChI=1S/C13H16Cl2O2/c1-13(2,3)9(12(16)17)7-8-5-4-6-10(14)11(8)15/h4-6,9H,7H2,1-3H3,(H,16,17). The van der Waals surface area contributed by atoms with E-state index in [1.807, 2.05) is 26.8 Å². The second-order valence-electron chi connectivity index (χ2n) is 5.17. The lowest BCUT2D eigenvalue weighted by Gasteiger charge is -2.27. The lowest BCUT2D eigenvalue weighted by molar-refractivity contribution is -0.145. The fraction of sp³-hybridized carbons (Fsp3) is 0.462. The fourth-order valence-corrected chi connectivity index (χ4v) is 2.09. The maximum absolute atomic E-state index is 11.3. The monoisotopic (exact) mass is 274 g/mol. The van der Waals surface area contributed by atoms with E-state index < -0.39 is 11.9 Å². The van der Waals surface area contributed by atoms with Gasteiger partial charge < -0.3 is 5.11 Å². The molecule has 94 valence electrons. The van der Waals surface area contributed by atoms with Crippen LogP contribution in [0.5, 0.6) is 0 Å². The molecular weight excluding hydrogens is 259 g/mol. The summed E-state index contributed by atoms with van der Waals surface area (Å²) < 4.78 is 0. The molecule has 1 unspecified atom stereocenters. The number of hydrogen-bond donors (Lipinski definition) is 1. The Balaban J connectivity index is 3.03. The molecule has 1 N–H and O–H groups in total. The number of carbonyl (C=O) groups is 1. The van der Waals surface area contributed by atoms with E-state index in [0.29, 0.717) is 16.5 Å². The number of carboxylic acids is 1. The van der Waals surface area contributed by atoms with Crippen molar-refractivity contribution in [1.29, 1.82) is 0 Å². The summed E-state index contributed by atoms with van der Waals surface area (Å²) in [5.41, 5.74) is 0.457. The summed E-state index contributed by atoms with van der Waals surface area (Å²) in [5, 5.41) is 10.2. The van der Waals surface area contributed by atoms with Crippen LogP contribution in [-0.4, -0.2) is 11.1 Å². The maximum atomic E-state index is 11.3. The van der Waals surface area contributed by atoms with Gasteiger partial charge in [0, 0.05) is 0 Å². The highest BCUT2D eigenvalue weighted by Crippen LogP contribution is 2.33. The van der Waals surface area contributed by atoms with E-state index in [4.69, 9.17) is 23.2 Å². The average Bonchev–Trinajstić information content (AvgIpc) is 2.17. The first-order valence-electron chi connectivity index (χ1n) is 5.39. The third-order valence-corrected chi connectivity index (χ3v) is 3.66. The molecule has 17 heavy (non-hydrogen) atoms. The summed E-state index contributed by atoms with van der Waals surface area (Å²) in [6.45, 7) is 5.72. The second-order valence-corrected chi connectivity index (χ2v) is 5.96. The first-order chi connectivity index (χ1) is 7.73. The van der Waals surface area contributed by atoms with E-state index in [9.17, 15) is 9.90 Å². The molecule has 4 heteroatoms. The van der Waals surface area contributed by atoms with Crippen molar-refractivity contribution in [2.75, 3.05) is 0 Å². The number of hydrogen-bond acceptors (Lipinski definition) is 1. The van der Waals surface area contributed by atoms with Gasteiger partial charge in [-0.1, -0.05) is 56.1 Å². The first-order valence-corrected chi connectivity index (χ1v) is 6.14. The van der Waals surface area contributed by atoms with Crippen LogP contribution in [-0.2, 0) is 11.2 Å². The molecule has 0 saturated heterocycles. The molecule has 1 aromatic carbocycles. The molecule has 0 heterocycles. The van der Waals surface area contributed by atoms with E-state index in [1.54, 1.807) is 12.1 Å². The minimum Gasteiger partial charge on any atom is -0.481 e. The van der Waals surface area contributed by atoms with E-state index in [2.05, 4.69) is 0 Å². The quantitative estimate of drug-likeness (QED) is 0.893. The van der Waals surface area contributed by atoms with Gasteiger partial charge in [-0.15, -0.1) is 0 Å². The SMILES string of the molecule is CC(C)(C)C(Cc1cccc(Cl)c1Cl)C(=O)O. The molecule has 1 aromatic rings. The predicted molar refractivity (Wildman–Crippen MR) is 70.7 cm³/mol. The van der Waals surface area contributed by atoms with Gasteiger partial charge in [0.15, 0.2) is 0 Å². The Morgan fingerprint density at radius 3 is 2.41 bits per heavy atom. The van der Waals surface area contributed by atoms with Gasteiger partial charge in [-0.25, -0.2) is 0 Å². The van der Waals surface area contributed by atoms with Crippen molar-refractivity contribution in [3.63, 3.8) is 0 Å². The van der Waals surface area contributed by atoms with E-state index >= 15 is 0 Å². The predicted octanol–water partition coefficient (Wildman–Crippen LogP) is 4.28. The zero-order valence-electron chi connectivity index (χ0n) is 10.1. The highest BCUT2D eigenvalue weighted by molar-refractivity contribution is 6.42. The molecule has 1 atom stereocenters. The van der Waals surface area contributed by atoms with Crippen molar-refractivity contribution < 1.29 is 9.90 Å². The third-order valence-electron chi connectivity index (χ3n) is 2.80. The van der Waals surface area contributed by atoms with Gasteiger partial charge in [0.25, 0.3) is 0 Å². The molecule has 0 amide bonds. The Kier molecular flexibility index (Phi) is 4.45. The Morgan fingerprint density at radius 1 is 1.35 bits per heavy atom. The van der Waals surface area contributed by atoms with Crippen molar-refractivity contribution in [3.8, 4) is 0 Å². The highest BCUT2D eigenvalue weighted by Gasteiger charge is 2.31. The summed E-state index contributed by atoms with van der Waals surface area (Å²) in [6, 6.07) is 5.29. The van der Waals surface area contributed by atoms with Gasteiger partial charge in [0.05, 0.1) is 16.0 Å². The molecule has 0 bridgehead atoms. The normalized spacial score (nSPS) is 13.5. The van der Waals surface area contributed by atoms with Gasteiger partial charge in [-0.05, 0) is 23.5 Å². The van der Waals surface area contributed by atoms with Crippen LogP contribution in [0, 0.1) is 11.3 Å². The van der Waals surface area contributed by atoms with Gasteiger partial charge in [-0.2, -0.15) is 0 Å². The van der Waals surface area contributed by atoms with Crippen molar-refractivity contribution in [2.45, 2.75) is 27.2 Å². The molecule has 2 nitrogen and oxygen atoms in total. The molecule has 0 aromatic heterocycles. The van der Waals surface area contributed by atoms with Crippen molar-refractivity contribution >= 4 is 29.2 Å². The van der Waals surface area contributed by atoms with E-state index in [-0.39, 0.29) is 5.41 Å². The molecule has 0 fully saturated rings. The van der Waals surface area contributed by atoms with Gasteiger partial charge in [0.2, 0.25) is 0 Å². The largest absolute Gasteiger partial charge is 0.481 e. The molecule has 0 aliphatic rings.